The fourth-order valence-electron chi connectivity index (χ4n) is 5.08. The van der Waals surface area contributed by atoms with Gasteiger partial charge in [-0.05, 0) is 61.7 Å². The number of piperidine rings is 1. The van der Waals surface area contributed by atoms with Crippen LogP contribution in [-0.2, 0) is 22.7 Å². The number of hydrogen-bond acceptors (Lipinski definition) is 6. The van der Waals surface area contributed by atoms with Gasteiger partial charge in [0.2, 0.25) is 11.8 Å². The summed E-state index contributed by atoms with van der Waals surface area (Å²) in [5, 5.41) is 2.31. The molecule has 1 N–H and O–H groups in total. The Hall–Kier alpha value is -3.59. The minimum Gasteiger partial charge on any atom is -0.343 e. The van der Waals surface area contributed by atoms with E-state index in [1.165, 1.54) is 17.9 Å². The van der Waals surface area contributed by atoms with E-state index in [1.807, 2.05) is 12.1 Å². The van der Waals surface area contributed by atoms with E-state index in [4.69, 9.17) is 4.98 Å². The van der Waals surface area contributed by atoms with Gasteiger partial charge in [0, 0.05) is 30.5 Å². The van der Waals surface area contributed by atoms with Crippen molar-refractivity contribution in [1.29, 1.82) is 0 Å². The molecular formula is C24H24N6O3. The first-order valence-electron chi connectivity index (χ1n) is 11.4. The number of hydrogen-bond donors (Lipinski definition) is 1. The topological polar surface area (TPSA) is 102 Å². The zero-order chi connectivity index (χ0) is 22.5. The van der Waals surface area contributed by atoms with Crippen molar-refractivity contribution < 1.29 is 14.4 Å². The van der Waals surface area contributed by atoms with Gasteiger partial charge in [-0.2, -0.15) is 5.01 Å². The molecule has 168 valence electrons. The number of imidazole rings is 1. The smallest absolute Gasteiger partial charge is 0.273 e. The van der Waals surface area contributed by atoms with Crippen molar-refractivity contribution in [3.63, 3.8) is 0 Å². The van der Waals surface area contributed by atoms with E-state index in [1.54, 1.807) is 12.4 Å². The number of pyridine rings is 1. The molecule has 5 heterocycles. The van der Waals surface area contributed by atoms with E-state index >= 15 is 0 Å². The molecule has 0 spiro atoms. The molecule has 33 heavy (non-hydrogen) atoms. The van der Waals surface area contributed by atoms with E-state index in [-0.39, 0.29) is 37.1 Å². The van der Waals surface area contributed by atoms with Gasteiger partial charge in [0.1, 0.15) is 0 Å². The number of aromatic nitrogens is 3. The summed E-state index contributed by atoms with van der Waals surface area (Å²) in [6.45, 7) is 3.23. The summed E-state index contributed by atoms with van der Waals surface area (Å²) in [6.07, 6.45) is 5.22. The largest absolute Gasteiger partial charge is 0.343 e. The van der Waals surface area contributed by atoms with Gasteiger partial charge in [-0.3, -0.25) is 19.3 Å². The first-order valence-corrected chi connectivity index (χ1v) is 11.4. The number of aromatic amines is 1. The van der Waals surface area contributed by atoms with E-state index in [0.29, 0.717) is 17.6 Å². The van der Waals surface area contributed by atoms with E-state index in [0.717, 1.165) is 52.5 Å². The number of hydrazine groups is 1. The van der Waals surface area contributed by atoms with Crippen molar-refractivity contribution in [2.45, 2.75) is 45.2 Å². The quantitative estimate of drug-likeness (QED) is 0.621. The molecule has 3 amide bonds. The number of H-pyrrole nitrogens is 1. The second-order valence-electron chi connectivity index (χ2n) is 8.94. The number of benzene rings is 1. The molecule has 0 saturated carbocycles. The van der Waals surface area contributed by atoms with Crippen LogP contribution < -0.4 is 0 Å². The van der Waals surface area contributed by atoms with Crippen LogP contribution in [-0.4, -0.2) is 60.7 Å². The molecule has 9 nitrogen and oxygen atoms in total. The zero-order valence-corrected chi connectivity index (χ0v) is 18.2. The van der Waals surface area contributed by atoms with Gasteiger partial charge in [0.05, 0.1) is 24.1 Å². The van der Waals surface area contributed by atoms with Crippen LogP contribution in [0.5, 0.6) is 0 Å². The van der Waals surface area contributed by atoms with Crippen molar-refractivity contribution >= 4 is 28.9 Å². The average molecular weight is 444 g/mol. The van der Waals surface area contributed by atoms with Gasteiger partial charge in [-0.25, -0.2) is 15.0 Å². The third kappa shape index (κ3) is 3.39. The fraction of sp³-hybridized carbons (Fsp3) is 0.375. The van der Waals surface area contributed by atoms with Gasteiger partial charge >= 0.3 is 0 Å². The Morgan fingerprint density at radius 1 is 0.970 bits per heavy atom. The predicted octanol–water partition coefficient (Wildman–Crippen LogP) is 2.63. The van der Waals surface area contributed by atoms with Gasteiger partial charge in [0.15, 0.2) is 5.65 Å². The number of fused-ring (bicyclic) bond motifs is 2. The van der Waals surface area contributed by atoms with Gasteiger partial charge < -0.3 is 4.98 Å². The third-order valence-corrected chi connectivity index (χ3v) is 6.75. The van der Waals surface area contributed by atoms with Crippen molar-refractivity contribution in [1.82, 2.24) is 29.9 Å². The molecule has 1 aromatic carbocycles. The average Bonchev–Trinajstić information content (AvgIpc) is 3.55. The SMILES string of the molecule is O=C1c2ccc(-c3cc(CN4CCCC4)c4[nH]cnc4n3)cc2CN1N1C(=O)CCCC1=O. The molecule has 0 bridgehead atoms. The predicted molar refractivity (Wildman–Crippen MR) is 119 cm³/mol. The second kappa shape index (κ2) is 7.77. The molecule has 9 heteroatoms. The molecule has 0 aliphatic carbocycles. The summed E-state index contributed by atoms with van der Waals surface area (Å²) in [7, 11) is 0. The van der Waals surface area contributed by atoms with Crippen LogP contribution in [0.4, 0.5) is 0 Å². The molecule has 0 unspecified atom stereocenters. The van der Waals surface area contributed by atoms with Crippen LogP contribution in [0, 0.1) is 0 Å². The molecule has 3 aromatic rings. The Morgan fingerprint density at radius 3 is 2.55 bits per heavy atom. The molecule has 0 radical (unpaired) electrons. The van der Waals surface area contributed by atoms with Gasteiger partial charge in [-0.15, -0.1) is 0 Å². The van der Waals surface area contributed by atoms with Crippen molar-refractivity contribution in [2.75, 3.05) is 13.1 Å². The number of nitrogens with one attached hydrogen (secondary N) is 1. The minimum absolute atomic E-state index is 0.199. The Balaban J connectivity index is 1.34. The van der Waals surface area contributed by atoms with Crippen molar-refractivity contribution in [3.05, 3.63) is 47.3 Å². The van der Waals surface area contributed by atoms with E-state index < -0.39 is 0 Å². The molecule has 2 aromatic heterocycles. The highest BCUT2D eigenvalue weighted by Gasteiger charge is 2.39. The van der Waals surface area contributed by atoms with Crippen LogP contribution in [0.15, 0.2) is 30.6 Å². The highest BCUT2D eigenvalue weighted by molar-refractivity contribution is 6.04. The molecule has 2 saturated heterocycles. The molecular weight excluding hydrogens is 420 g/mol. The summed E-state index contributed by atoms with van der Waals surface area (Å²) < 4.78 is 0. The molecule has 0 atom stereocenters. The second-order valence-corrected chi connectivity index (χ2v) is 8.94. The number of carbonyl (C=O) groups excluding carboxylic acids is 3. The number of nitrogens with zero attached hydrogens (tertiary/aromatic N) is 5. The maximum absolute atomic E-state index is 13.0. The van der Waals surface area contributed by atoms with Crippen LogP contribution in [0.2, 0.25) is 0 Å². The van der Waals surface area contributed by atoms with Crippen LogP contribution >= 0.6 is 0 Å². The summed E-state index contributed by atoms with van der Waals surface area (Å²) >= 11 is 0. The Labute approximate surface area is 190 Å². The van der Waals surface area contributed by atoms with Crippen LogP contribution in [0.25, 0.3) is 22.4 Å². The minimum atomic E-state index is -0.315. The Bertz CT molecular complexity index is 1280. The number of carbonyl (C=O) groups is 3. The molecule has 2 fully saturated rings. The molecule has 3 aliphatic rings. The zero-order valence-electron chi connectivity index (χ0n) is 18.2. The summed E-state index contributed by atoms with van der Waals surface area (Å²) in [5.41, 5.74) is 5.75. The lowest BCUT2D eigenvalue weighted by molar-refractivity contribution is -0.163. The highest BCUT2D eigenvalue weighted by Crippen LogP contribution is 2.32. The molecule has 6 rings (SSSR count). The fourth-order valence-corrected chi connectivity index (χ4v) is 5.08. The van der Waals surface area contributed by atoms with E-state index in [9.17, 15) is 14.4 Å². The van der Waals surface area contributed by atoms with Gasteiger partial charge in [-0.1, -0.05) is 6.07 Å². The maximum atomic E-state index is 13.0. The Morgan fingerprint density at radius 2 is 1.76 bits per heavy atom. The van der Waals surface area contributed by atoms with Crippen molar-refractivity contribution in [2.24, 2.45) is 0 Å². The summed E-state index contributed by atoms with van der Waals surface area (Å²) in [5.74, 6) is -0.944. The lowest BCUT2D eigenvalue weighted by atomic mass is 10.0. The number of likely N-dealkylation sites (tertiary alicyclic amines) is 1. The highest BCUT2D eigenvalue weighted by atomic mass is 16.2. The van der Waals surface area contributed by atoms with E-state index in [2.05, 4.69) is 20.9 Å². The summed E-state index contributed by atoms with van der Waals surface area (Å²) in [4.78, 5) is 52.4. The van der Waals surface area contributed by atoms with Crippen molar-refractivity contribution in [3.8, 4) is 11.3 Å². The number of rotatable bonds is 4. The van der Waals surface area contributed by atoms with Gasteiger partial charge in [0.25, 0.3) is 5.91 Å². The lowest BCUT2D eigenvalue weighted by Gasteiger charge is -2.32. The number of imide groups is 1. The first kappa shape index (κ1) is 20.0. The van der Waals surface area contributed by atoms with Crippen LogP contribution in [0.3, 0.4) is 0 Å². The molecule has 3 aliphatic heterocycles. The summed E-state index contributed by atoms with van der Waals surface area (Å²) in [6, 6.07) is 7.67. The first-order chi connectivity index (χ1) is 16.1. The van der Waals surface area contributed by atoms with Crippen LogP contribution in [0.1, 0.15) is 53.6 Å². The monoisotopic (exact) mass is 444 g/mol. The number of amides is 3. The standard InChI is InChI=1S/C24H24N6O3/c31-20-4-3-5-21(32)30(20)29-13-16-10-15(6-7-18(16)24(29)33)19-11-17(12-28-8-1-2-9-28)22-23(27-19)26-14-25-22/h6-7,10-11,14H,1-5,8-9,12-13H2,(H,25,26,27). The third-order valence-electron chi connectivity index (χ3n) is 6.75. The maximum Gasteiger partial charge on any atom is 0.273 e. The normalized spacial score (nSPS) is 19.2. The lowest BCUT2D eigenvalue weighted by Crippen LogP contribution is -2.51. The Kier molecular flexibility index (Phi) is 4.72.